The molecule has 0 saturated carbocycles. The molecule has 2 heterocycles. The van der Waals surface area contributed by atoms with Gasteiger partial charge in [0.15, 0.2) is 11.5 Å². The smallest absolute Gasteiger partial charge is 0.161 e. The van der Waals surface area contributed by atoms with E-state index >= 15 is 0 Å². The number of aliphatic hydroxyl groups is 1. The fourth-order valence-corrected chi connectivity index (χ4v) is 4.61. The maximum Gasteiger partial charge on any atom is 0.161 e. The lowest BCUT2D eigenvalue weighted by atomic mass is 9.71. The molecule has 5 heteroatoms. The van der Waals surface area contributed by atoms with Gasteiger partial charge in [0.05, 0.1) is 14.2 Å². The number of halogens is 1. The molecule has 1 fully saturated rings. The number of methoxy groups -OCH3 is 2. The zero-order valence-electron chi connectivity index (χ0n) is 16.7. The summed E-state index contributed by atoms with van der Waals surface area (Å²) in [6.07, 6.45) is 2.30. The molecule has 3 atom stereocenters. The summed E-state index contributed by atoms with van der Waals surface area (Å²) in [6, 6.07) is 4.12. The van der Waals surface area contributed by atoms with Crippen LogP contribution in [0.2, 0.25) is 0 Å². The Bertz CT molecular complexity index is 739. The van der Waals surface area contributed by atoms with Crippen LogP contribution in [-0.4, -0.2) is 49.6 Å². The van der Waals surface area contributed by atoms with Crippen LogP contribution < -0.4 is 9.47 Å². The van der Waals surface area contributed by atoms with Gasteiger partial charge in [0.25, 0.3) is 0 Å². The van der Waals surface area contributed by atoms with Gasteiger partial charge in [-0.25, -0.2) is 4.39 Å². The van der Waals surface area contributed by atoms with Crippen molar-refractivity contribution in [3.8, 4) is 23.3 Å². The van der Waals surface area contributed by atoms with Crippen molar-refractivity contribution in [2.75, 3.05) is 34.0 Å². The van der Waals surface area contributed by atoms with Crippen molar-refractivity contribution in [3.05, 3.63) is 23.3 Å². The maximum absolute atomic E-state index is 12.7. The van der Waals surface area contributed by atoms with Crippen LogP contribution in [0.3, 0.4) is 0 Å². The van der Waals surface area contributed by atoms with E-state index in [1.165, 1.54) is 5.56 Å². The summed E-state index contributed by atoms with van der Waals surface area (Å²) in [5.41, 5.74) is 1.21. The first kappa shape index (κ1) is 20.0. The maximum atomic E-state index is 12.7. The predicted molar refractivity (Wildman–Crippen MR) is 104 cm³/mol. The second kappa shape index (κ2) is 8.08. The van der Waals surface area contributed by atoms with Crippen LogP contribution >= 0.6 is 0 Å². The Labute approximate surface area is 161 Å². The van der Waals surface area contributed by atoms with Crippen molar-refractivity contribution < 1.29 is 19.0 Å². The number of hydrogen-bond donors (Lipinski definition) is 1. The van der Waals surface area contributed by atoms with Gasteiger partial charge >= 0.3 is 0 Å². The Morgan fingerprint density at radius 3 is 2.63 bits per heavy atom. The third-order valence-electron chi connectivity index (χ3n) is 5.88. The average Bonchev–Trinajstić information content (AvgIpc) is 2.65. The minimum absolute atomic E-state index is 0.0227. The van der Waals surface area contributed by atoms with Crippen molar-refractivity contribution in [3.63, 3.8) is 0 Å². The van der Waals surface area contributed by atoms with E-state index in [0.717, 1.165) is 37.2 Å². The van der Waals surface area contributed by atoms with Gasteiger partial charge in [0, 0.05) is 31.5 Å². The molecule has 148 valence electrons. The Balaban J connectivity index is 1.99. The molecule has 2 aliphatic rings. The van der Waals surface area contributed by atoms with E-state index in [2.05, 4.69) is 30.6 Å². The van der Waals surface area contributed by atoms with E-state index in [9.17, 15) is 9.50 Å². The van der Waals surface area contributed by atoms with Crippen molar-refractivity contribution in [2.45, 2.75) is 44.8 Å². The van der Waals surface area contributed by atoms with Gasteiger partial charge in [-0.1, -0.05) is 25.7 Å². The normalized spacial score (nSPS) is 27.4. The average molecular weight is 374 g/mol. The molecule has 0 aliphatic carbocycles. The van der Waals surface area contributed by atoms with Crippen LogP contribution in [0.1, 0.15) is 43.9 Å². The van der Waals surface area contributed by atoms with Gasteiger partial charge < -0.3 is 14.6 Å². The number of fused-ring (bicyclic) bond motifs is 3. The van der Waals surface area contributed by atoms with Gasteiger partial charge in [0.1, 0.15) is 12.3 Å². The third-order valence-corrected chi connectivity index (χ3v) is 5.88. The molecule has 4 nitrogen and oxygen atoms in total. The molecule has 2 aliphatic heterocycles. The van der Waals surface area contributed by atoms with Crippen LogP contribution in [0, 0.1) is 23.7 Å². The molecular formula is C22H30FNO3. The summed E-state index contributed by atoms with van der Waals surface area (Å²) in [5.74, 6) is 7.25. The summed E-state index contributed by atoms with van der Waals surface area (Å²) in [4.78, 5) is 2.44. The Hall–Kier alpha value is -1.77. The first-order chi connectivity index (χ1) is 12.9. The number of piperidine rings is 1. The standard InChI is InChI=1S/C22H30FNO3/c1-15(2)10-17-14-24-9-6-16-11-20(26-3)21(27-4)12-18(16)19(24)13-22(17,25)7-5-8-23/h11-12,15,17,19,25H,6,8-10,13-14H2,1-4H3/t17-,19-,22-/m1/s1/i23-1. The molecule has 0 spiro atoms. The van der Waals surface area contributed by atoms with Crippen LogP contribution in [0.4, 0.5) is 4.39 Å². The summed E-state index contributed by atoms with van der Waals surface area (Å²) in [7, 11) is 3.27. The second-order valence-electron chi connectivity index (χ2n) is 8.06. The van der Waals surface area contributed by atoms with Gasteiger partial charge in [-0.15, -0.1) is 0 Å². The monoisotopic (exact) mass is 374 g/mol. The third kappa shape index (κ3) is 3.93. The minimum atomic E-state index is -1.17. The lowest BCUT2D eigenvalue weighted by Crippen LogP contribution is -2.54. The fraction of sp³-hybridized carbons (Fsp3) is 0.636. The molecular weight excluding hydrogens is 344 g/mol. The van der Waals surface area contributed by atoms with Crippen LogP contribution in [-0.2, 0) is 6.42 Å². The van der Waals surface area contributed by atoms with Gasteiger partial charge in [-0.05, 0) is 42.0 Å². The van der Waals surface area contributed by atoms with E-state index in [1.54, 1.807) is 14.2 Å². The summed E-state index contributed by atoms with van der Waals surface area (Å²) in [6.45, 7) is 5.28. The first-order valence-corrected chi connectivity index (χ1v) is 9.69. The number of ether oxygens (including phenoxy) is 2. The topological polar surface area (TPSA) is 41.9 Å². The Morgan fingerprint density at radius 2 is 2.00 bits per heavy atom. The molecule has 1 aromatic rings. The first-order valence-electron chi connectivity index (χ1n) is 9.69. The van der Waals surface area contributed by atoms with E-state index in [-0.39, 0.29) is 12.0 Å². The van der Waals surface area contributed by atoms with E-state index < -0.39 is 12.3 Å². The molecule has 0 amide bonds. The molecule has 1 aromatic carbocycles. The fourth-order valence-electron chi connectivity index (χ4n) is 4.61. The molecule has 1 N–H and O–H groups in total. The number of nitrogens with zero attached hydrogens (tertiary/aromatic N) is 1. The quantitative estimate of drug-likeness (QED) is 0.821. The predicted octanol–water partition coefficient (Wildman–Crippen LogP) is 3.37. The molecule has 1 saturated heterocycles. The molecule has 3 rings (SSSR count). The molecule has 0 unspecified atom stereocenters. The van der Waals surface area contributed by atoms with Crippen molar-refractivity contribution in [1.82, 2.24) is 4.90 Å². The Kier molecular flexibility index (Phi) is 5.98. The highest BCUT2D eigenvalue weighted by Gasteiger charge is 2.47. The van der Waals surface area contributed by atoms with Crippen molar-refractivity contribution >= 4 is 0 Å². The van der Waals surface area contributed by atoms with E-state index in [1.807, 2.05) is 12.1 Å². The lowest BCUT2D eigenvalue weighted by Gasteiger charge is -2.50. The molecule has 0 bridgehead atoms. The molecule has 0 aromatic heterocycles. The van der Waals surface area contributed by atoms with Gasteiger partial charge in [0.2, 0.25) is 0 Å². The Morgan fingerprint density at radius 1 is 1.30 bits per heavy atom. The highest BCUT2D eigenvalue weighted by molar-refractivity contribution is 5.50. The zero-order chi connectivity index (χ0) is 19.6. The summed E-state index contributed by atoms with van der Waals surface area (Å²) < 4.78 is 23.7. The van der Waals surface area contributed by atoms with Gasteiger partial charge in [-0.2, -0.15) is 0 Å². The highest BCUT2D eigenvalue weighted by atomic mass is 18.2. The number of rotatable bonds is 4. The highest BCUT2D eigenvalue weighted by Crippen LogP contribution is 2.46. The summed E-state index contributed by atoms with van der Waals surface area (Å²) >= 11 is 0. The van der Waals surface area contributed by atoms with Crippen molar-refractivity contribution in [2.24, 2.45) is 11.8 Å². The van der Waals surface area contributed by atoms with E-state index in [0.29, 0.717) is 18.1 Å². The number of benzene rings is 1. The lowest BCUT2D eigenvalue weighted by molar-refractivity contribution is -0.0648. The number of alkyl halides is 1. The van der Waals surface area contributed by atoms with Crippen molar-refractivity contribution in [1.29, 1.82) is 0 Å². The number of hydrogen-bond acceptors (Lipinski definition) is 4. The zero-order valence-corrected chi connectivity index (χ0v) is 16.7. The SMILES string of the molecule is COc1cc2c(cc1OC)[C@H]1C[C@](O)(C#CC[18F])[C@H](CC(C)C)CN1CC2. The molecule has 0 radical (unpaired) electrons. The minimum Gasteiger partial charge on any atom is -0.493 e. The second-order valence-corrected chi connectivity index (χ2v) is 8.06. The summed E-state index contributed by atoms with van der Waals surface area (Å²) in [5, 5.41) is 11.4. The van der Waals surface area contributed by atoms with Crippen LogP contribution in [0.25, 0.3) is 0 Å². The van der Waals surface area contributed by atoms with Crippen LogP contribution in [0.15, 0.2) is 12.1 Å². The van der Waals surface area contributed by atoms with Gasteiger partial charge in [-0.3, -0.25) is 4.90 Å². The van der Waals surface area contributed by atoms with Crippen LogP contribution in [0.5, 0.6) is 11.5 Å². The molecule has 27 heavy (non-hydrogen) atoms. The van der Waals surface area contributed by atoms with E-state index in [4.69, 9.17) is 9.47 Å². The largest absolute Gasteiger partial charge is 0.493 e.